The Balaban J connectivity index is 2.01. The average molecular weight is 461 g/mol. The zero-order valence-electron chi connectivity index (χ0n) is 16.7. The van der Waals surface area contributed by atoms with Crippen LogP contribution in [0, 0.1) is 5.82 Å². The molecule has 7 nitrogen and oxygen atoms in total. The molecule has 2 heterocycles. The Bertz CT molecular complexity index is 1410. The quantitative estimate of drug-likeness (QED) is 0.294. The first-order valence-corrected chi connectivity index (χ1v) is 9.49. The molecular weight excluding hydrogens is 446 g/mol. The SMILES string of the molecule is O=CNc1c(CC(=O)O)ccc2c1c1c(O)cncc1n2Cc1cc(F)cc(C(F)(F)F)c1. The molecule has 0 atom stereocenters. The summed E-state index contributed by atoms with van der Waals surface area (Å²) in [6.07, 6.45) is -2.32. The molecule has 0 aliphatic carbocycles. The van der Waals surface area contributed by atoms with Gasteiger partial charge in [0.1, 0.15) is 11.6 Å². The topological polar surface area (TPSA) is 104 Å². The Morgan fingerprint density at radius 2 is 1.88 bits per heavy atom. The van der Waals surface area contributed by atoms with E-state index in [0.717, 1.165) is 18.3 Å². The predicted octanol–water partition coefficient (Wildman–Crippen LogP) is 4.30. The van der Waals surface area contributed by atoms with Crippen molar-refractivity contribution in [3.8, 4) is 5.75 Å². The van der Waals surface area contributed by atoms with E-state index in [9.17, 15) is 37.4 Å². The van der Waals surface area contributed by atoms with Crippen LogP contribution in [0.15, 0.2) is 42.7 Å². The number of pyridine rings is 1. The van der Waals surface area contributed by atoms with E-state index >= 15 is 0 Å². The van der Waals surface area contributed by atoms with Gasteiger partial charge < -0.3 is 20.1 Å². The molecule has 0 aliphatic rings. The number of nitrogens with one attached hydrogen (secondary N) is 1. The largest absolute Gasteiger partial charge is 0.506 e. The fourth-order valence-electron chi connectivity index (χ4n) is 3.93. The van der Waals surface area contributed by atoms with Crippen molar-refractivity contribution >= 4 is 39.9 Å². The van der Waals surface area contributed by atoms with Gasteiger partial charge in [0, 0.05) is 11.9 Å². The molecule has 0 radical (unpaired) electrons. The highest BCUT2D eigenvalue weighted by Gasteiger charge is 2.31. The number of aliphatic carboxylic acids is 1. The Hall–Kier alpha value is -4.15. The third-order valence-corrected chi connectivity index (χ3v) is 5.18. The Morgan fingerprint density at radius 1 is 1.12 bits per heavy atom. The molecule has 3 N–H and O–H groups in total. The number of carbonyl (C=O) groups is 2. The molecule has 0 aliphatic heterocycles. The summed E-state index contributed by atoms with van der Waals surface area (Å²) < 4.78 is 55.0. The molecular formula is C22H15F4N3O4. The lowest BCUT2D eigenvalue weighted by Gasteiger charge is -2.13. The normalized spacial score (nSPS) is 11.8. The van der Waals surface area contributed by atoms with Gasteiger partial charge in [-0.15, -0.1) is 0 Å². The zero-order chi connectivity index (χ0) is 23.9. The first-order chi connectivity index (χ1) is 15.6. The summed E-state index contributed by atoms with van der Waals surface area (Å²) in [5.74, 6) is -2.50. The van der Waals surface area contributed by atoms with Gasteiger partial charge in [-0.25, -0.2) is 4.39 Å². The van der Waals surface area contributed by atoms with Crippen molar-refractivity contribution in [1.82, 2.24) is 9.55 Å². The van der Waals surface area contributed by atoms with Gasteiger partial charge in [-0.1, -0.05) is 6.07 Å². The van der Waals surface area contributed by atoms with Crippen LogP contribution >= 0.6 is 0 Å². The highest BCUT2D eigenvalue weighted by atomic mass is 19.4. The number of aromatic nitrogens is 2. The molecule has 0 spiro atoms. The van der Waals surface area contributed by atoms with E-state index in [1.165, 1.54) is 22.9 Å². The summed E-state index contributed by atoms with van der Waals surface area (Å²) in [6, 6.07) is 5.15. The lowest BCUT2D eigenvalue weighted by molar-refractivity contribution is -0.138. The van der Waals surface area contributed by atoms with Gasteiger partial charge in [-0.05, 0) is 35.4 Å². The molecule has 0 bridgehead atoms. The fraction of sp³-hybridized carbons (Fsp3) is 0.136. The van der Waals surface area contributed by atoms with Crippen LogP contribution in [0.2, 0.25) is 0 Å². The second-order valence-corrected chi connectivity index (χ2v) is 7.31. The minimum absolute atomic E-state index is 0.00368. The third-order valence-electron chi connectivity index (χ3n) is 5.18. The molecule has 2 aromatic carbocycles. The molecule has 170 valence electrons. The number of benzene rings is 2. The summed E-state index contributed by atoms with van der Waals surface area (Å²) in [5, 5.41) is 22.7. The lowest BCUT2D eigenvalue weighted by Crippen LogP contribution is -2.08. The molecule has 1 amide bonds. The molecule has 33 heavy (non-hydrogen) atoms. The van der Waals surface area contributed by atoms with Crippen molar-refractivity contribution in [2.75, 3.05) is 5.32 Å². The smallest absolute Gasteiger partial charge is 0.416 e. The molecule has 0 saturated heterocycles. The highest BCUT2D eigenvalue weighted by molar-refractivity contribution is 6.18. The molecule has 0 unspecified atom stereocenters. The second kappa shape index (κ2) is 8.08. The Morgan fingerprint density at radius 3 is 2.55 bits per heavy atom. The number of rotatable bonds is 6. The maximum atomic E-state index is 14.0. The number of carbonyl (C=O) groups excluding carboxylic acids is 1. The number of aromatic hydroxyl groups is 1. The second-order valence-electron chi connectivity index (χ2n) is 7.31. The van der Waals surface area contributed by atoms with E-state index in [0.29, 0.717) is 23.5 Å². The molecule has 4 aromatic rings. The van der Waals surface area contributed by atoms with Crippen molar-refractivity contribution in [1.29, 1.82) is 0 Å². The maximum Gasteiger partial charge on any atom is 0.416 e. The number of anilines is 1. The lowest BCUT2D eigenvalue weighted by atomic mass is 10.0. The standard InChI is InChI=1S/C22H15F4N3O4/c23-14-4-11(3-13(6-14)22(24,25)26)9-29-15-2-1-12(5-18(32)33)21(28-10-30)20(15)19-16(29)7-27-8-17(19)31/h1-4,6-8,10,31H,5,9H2,(H,28,30)(H,32,33). The first-order valence-electron chi connectivity index (χ1n) is 9.49. The van der Waals surface area contributed by atoms with Gasteiger partial charge >= 0.3 is 12.1 Å². The highest BCUT2D eigenvalue weighted by Crippen LogP contribution is 2.41. The molecule has 4 rings (SSSR count). The van der Waals surface area contributed by atoms with Crippen LogP contribution in [-0.2, 0) is 28.7 Å². The number of amides is 1. The zero-order valence-corrected chi connectivity index (χ0v) is 16.7. The van der Waals surface area contributed by atoms with E-state index in [-0.39, 0.29) is 39.9 Å². The summed E-state index contributed by atoms with van der Waals surface area (Å²) in [4.78, 5) is 26.5. The van der Waals surface area contributed by atoms with Gasteiger partial charge in [-0.2, -0.15) is 13.2 Å². The van der Waals surface area contributed by atoms with Crippen molar-refractivity contribution in [3.63, 3.8) is 0 Å². The van der Waals surface area contributed by atoms with Crippen LogP contribution in [0.1, 0.15) is 16.7 Å². The number of alkyl halides is 3. The summed E-state index contributed by atoms with van der Waals surface area (Å²) in [6.45, 7) is -0.217. The third kappa shape index (κ3) is 4.04. The summed E-state index contributed by atoms with van der Waals surface area (Å²) in [5.41, 5.74) is -0.100. The number of halogens is 4. The molecule has 0 saturated carbocycles. The van der Waals surface area contributed by atoms with E-state index in [1.807, 2.05) is 0 Å². The van der Waals surface area contributed by atoms with E-state index < -0.39 is 29.9 Å². The van der Waals surface area contributed by atoms with E-state index in [2.05, 4.69) is 10.3 Å². The summed E-state index contributed by atoms with van der Waals surface area (Å²) in [7, 11) is 0. The van der Waals surface area contributed by atoms with Crippen molar-refractivity contribution in [2.45, 2.75) is 19.1 Å². The maximum absolute atomic E-state index is 14.0. The predicted molar refractivity (Wildman–Crippen MR) is 110 cm³/mol. The van der Waals surface area contributed by atoms with Crippen LogP contribution in [-0.4, -0.2) is 32.1 Å². The minimum atomic E-state index is -4.75. The number of hydrogen-bond donors (Lipinski definition) is 3. The van der Waals surface area contributed by atoms with Crippen LogP contribution < -0.4 is 5.32 Å². The van der Waals surface area contributed by atoms with E-state index in [1.54, 1.807) is 0 Å². The van der Waals surface area contributed by atoms with Crippen LogP contribution in [0.3, 0.4) is 0 Å². The Kier molecular flexibility index (Phi) is 5.40. The van der Waals surface area contributed by atoms with Crippen LogP contribution in [0.25, 0.3) is 21.8 Å². The number of carboxylic acid groups (broad SMARTS) is 1. The van der Waals surface area contributed by atoms with E-state index in [4.69, 9.17) is 0 Å². The number of carboxylic acids is 1. The van der Waals surface area contributed by atoms with Crippen molar-refractivity contribution < 1.29 is 37.4 Å². The number of fused-ring (bicyclic) bond motifs is 3. The van der Waals surface area contributed by atoms with Gasteiger partial charge in [0.15, 0.2) is 0 Å². The van der Waals surface area contributed by atoms with Crippen LogP contribution in [0.4, 0.5) is 23.2 Å². The summed E-state index contributed by atoms with van der Waals surface area (Å²) >= 11 is 0. The minimum Gasteiger partial charge on any atom is -0.506 e. The average Bonchev–Trinajstić information content (AvgIpc) is 3.03. The van der Waals surface area contributed by atoms with Gasteiger partial charge in [-0.3, -0.25) is 14.6 Å². The molecule has 2 aromatic heterocycles. The number of nitrogens with zero attached hydrogens (tertiary/aromatic N) is 2. The molecule has 0 fully saturated rings. The van der Waals surface area contributed by atoms with Gasteiger partial charge in [0.05, 0.1) is 46.5 Å². The number of hydrogen-bond acceptors (Lipinski definition) is 4. The van der Waals surface area contributed by atoms with Gasteiger partial charge in [0.2, 0.25) is 6.41 Å². The van der Waals surface area contributed by atoms with Crippen molar-refractivity contribution in [3.05, 3.63) is 65.2 Å². The fourth-order valence-corrected chi connectivity index (χ4v) is 3.93. The monoisotopic (exact) mass is 461 g/mol. The molecule has 11 heteroatoms. The van der Waals surface area contributed by atoms with Gasteiger partial charge in [0.25, 0.3) is 0 Å². The first kappa shape index (κ1) is 22.1. The Labute approximate surface area is 182 Å². The van der Waals surface area contributed by atoms with Crippen molar-refractivity contribution in [2.24, 2.45) is 0 Å². The van der Waals surface area contributed by atoms with Crippen LogP contribution in [0.5, 0.6) is 5.75 Å².